The van der Waals surface area contributed by atoms with Gasteiger partial charge in [-0.3, -0.25) is 9.59 Å². The van der Waals surface area contributed by atoms with Gasteiger partial charge in [0.15, 0.2) is 11.5 Å². The van der Waals surface area contributed by atoms with Gasteiger partial charge >= 0.3 is 0 Å². The average Bonchev–Trinajstić information content (AvgIpc) is 3.13. The highest BCUT2D eigenvalue weighted by molar-refractivity contribution is 5.96. The normalized spacial score (nSPS) is 16.2. The summed E-state index contributed by atoms with van der Waals surface area (Å²) in [7, 11) is 2.03. The molecule has 0 spiro atoms. The maximum absolute atomic E-state index is 12.5. The third-order valence-corrected chi connectivity index (χ3v) is 4.93. The number of nitrogens with zero attached hydrogens (tertiary/aromatic N) is 3. The molecule has 3 rings (SSSR count). The summed E-state index contributed by atoms with van der Waals surface area (Å²) in [6.07, 6.45) is 0. The van der Waals surface area contributed by atoms with Crippen molar-refractivity contribution >= 4 is 11.8 Å². The Morgan fingerprint density at radius 2 is 1.85 bits per heavy atom. The van der Waals surface area contributed by atoms with Crippen LogP contribution in [-0.2, 0) is 4.79 Å². The molecule has 1 unspecified atom stereocenters. The summed E-state index contributed by atoms with van der Waals surface area (Å²) in [6.45, 7) is 8.72. The number of likely N-dealkylation sites (N-methyl/N-ethyl adjacent to an activating group) is 1. The SMILES string of the molecule is Cc1ccc(C)c(-c2cc(C(=O)NC(C)C(=O)N3CCN(C)CC3)no2)c1. The molecule has 1 fully saturated rings. The Labute approximate surface area is 159 Å². The molecular formula is C20H26N4O3. The molecule has 144 valence electrons. The van der Waals surface area contributed by atoms with Crippen LogP contribution < -0.4 is 5.32 Å². The Balaban J connectivity index is 1.65. The minimum absolute atomic E-state index is 0.0744. The first-order chi connectivity index (χ1) is 12.8. The maximum Gasteiger partial charge on any atom is 0.274 e. The van der Waals surface area contributed by atoms with E-state index in [0.29, 0.717) is 18.8 Å². The number of carbonyl (C=O) groups excluding carboxylic acids is 2. The molecule has 0 bridgehead atoms. The topological polar surface area (TPSA) is 78.7 Å². The van der Waals surface area contributed by atoms with Crippen molar-refractivity contribution < 1.29 is 14.1 Å². The summed E-state index contributed by atoms with van der Waals surface area (Å²) in [5.74, 6) is 0.0550. The number of hydrogen-bond acceptors (Lipinski definition) is 5. The largest absolute Gasteiger partial charge is 0.355 e. The highest BCUT2D eigenvalue weighted by atomic mass is 16.5. The number of hydrogen-bond donors (Lipinski definition) is 1. The number of amides is 2. The van der Waals surface area contributed by atoms with Gasteiger partial charge in [0, 0.05) is 37.8 Å². The lowest BCUT2D eigenvalue weighted by Gasteiger charge is -2.34. The van der Waals surface area contributed by atoms with Crippen LogP contribution in [0.15, 0.2) is 28.8 Å². The van der Waals surface area contributed by atoms with Crippen LogP contribution in [0, 0.1) is 13.8 Å². The number of rotatable bonds is 4. The molecule has 2 heterocycles. The van der Waals surface area contributed by atoms with Crippen LogP contribution in [0.3, 0.4) is 0 Å². The molecule has 1 aromatic heterocycles. The molecule has 1 N–H and O–H groups in total. The minimum Gasteiger partial charge on any atom is -0.355 e. The fraction of sp³-hybridized carbons (Fsp3) is 0.450. The van der Waals surface area contributed by atoms with E-state index in [9.17, 15) is 9.59 Å². The van der Waals surface area contributed by atoms with E-state index in [1.807, 2.05) is 39.1 Å². The van der Waals surface area contributed by atoms with Gasteiger partial charge in [0.1, 0.15) is 6.04 Å². The van der Waals surface area contributed by atoms with Crippen molar-refractivity contribution in [2.45, 2.75) is 26.8 Å². The van der Waals surface area contributed by atoms with Crippen LogP contribution in [0.2, 0.25) is 0 Å². The molecule has 7 heteroatoms. The second-order valence-corrected chi connectivity index (χ2v) is 7.22. The van der Waals surface area contributed by atoms with Crippen molar-refractivity contribution in [3.05, 3.63) is 41.1 Å². The first kappa shape index (κ1) is 19.1. The summed E-state index contributed by atoms with van der Waals surface area (Å²) >= 11 is 0. The lowest BCUT2D eigenvalue weighted by atomic mass is 10.0. The predicted molar refractivity (Wildman–Crippen MR) is 102 cm³/mol. The van der Waals surface area contributed by atoms with E-state index < -0.39 is 11.9 Å². The maximum atomic E-state index is 12.5. The third kappa shape index (κ3) is 4.36. The molecular weight excluding hydrogens is 344 g/mol. The van der Waals surface area contributed by atoms with E-state index in [1.54, 1.807) is 17.9 Å². The molecule has 2 amide bonds. The van der Waals surface area contributed by atoms with Crippen LogP contribution in [0.1, 0.15) is 28.5 Å². The van der Waals surface area contributed by atoms with Crippen LogP contribution in [0.5, 0.6) is 0 Å². The zero-order valence-electron chi connectivity index (χ0n) is 16.3. The number of piperazine rings is 1. The van der Waals surface area contributed by atoms with Gasteiger partial charge in [-0.2, -0.15) is 0 Å². The van der Waals surface area contributed by atoms with Gasteiger partial charge < -0.3 is 19.6 Å². The number of benzene rings is 1. The van der Waals surface area contributed by atoms with Crippen LogP contribution in [-0.4, -0.2) is 66.0 Å². The zero-order chi connectivity index (χ0) is 19.6. The summed E-state index contributed by atoms with van der Waals surface area (Å²) in [6, 6.07) is 7.03. The lowest BCUT2D eigenvalue weighted by Crippen LogP contribution is -2.53. The van der Waals surface area contributed by atoms with E-state index in [-0.39, 0.29) is 11.6 Å². The van der Waals surface area contributed by atoms with Gasteiger partial charge in [-0.05, 0) is 39.4 Å². The van der Waals surface area contributed by atoms with Gasteiger partial charge in [0.25, 0.3) is 5.91 Å². The molecule has 2 aromatic rings. The monoisotopic (exact) mass is 370 g/mol. The first-order valence-electron chi connectivity index (χ1n) is 9.17. The average molecular weight is 370 g/mol. The summed E-state index contributed by atoms with van der Waals surface area (Å²) in [5.41, 5.74) is 3.22. The molecule has 1 aliphatic rings. The Morgan fingerprint density at radius 1 is 1.15 bits per heavy atom. The third-order valence-electron chi connectivity index (χ3n) is 4.93. The summed E-state index contributed by atoms with van der Waals surface area (Å²) < 4.78 is 5.37. The summed E-state index contributed by atoms with van der Waals surface area (Å²) in [5, 5.41) is 6.61. The number of nitrogens with one attached hydrogen (secondary N) is 1. The van der Waals surface area contributed by atoms with E-state index in [2.05, 4.69) is 15.4 Å². The van der Waals surface area contributed by atoms with E-state index in [1.165, 1.54) is 0 Å². The molecule has 0 saturated carbocycles. The van der Waals surface area contributed by atoms with E-state index in [4.69, 9.17) is 4.52 Å². The molecule has 1 atom stereocenters. The number of carbonyl (C=O) groups is 2. The quantitative estimate of drug-likeness (QED) is 0.889. The van der Waals surface area contributed by atoms with Gasteiger partial charge in [0.05, 0.1) is 0 Å². The minimum atomic E-state index is -0.609. The molecule has 27 heavy (non-hydrogen) atoms. The second-order valence-electron chi connectivity index (χ2n) is 7.22. The van der Waals surface area contributed by atoms with Crippen molar-refractivity contribution in [3.63, 3.8) is 0 Å². The number of aryl methyl sites for hydroxylation is 2. The molecule has 1 aromatic carbocycles. The molecule has 1 saturated heterocycles. The van der Waals surface area contributed by atoms with Gasteiger partial charge in [0.2, 0.25) is 5.91 Å². The molecule has 1 aliphatic heterocycles. The van der Waals surface area contributed by atoms with Crippen molar-refractivity contribution in [2.24, 2.45) is 0 Å². The van der Waals surface area contributed by atoms with Crippen LogP contribution in [0.4, 0.5) is 0 Å². The Morgan fingerprint density at radius 3 is 2.56 bits per heavy atom. The highest BCUT2D eigenvalue weighted by Crippen LogP contribution is 2.25. The van der Waals surface area contributed by atoms with Gasteiger partial charge in [-0.15, -0.1) is 0 Å². The Hall–Kier alpha value is -2.67. The van der Waals surface area contributed by atoms with Gasteiger partial charge in [-0.25, -0.2) is 0 Å². The van der Waals surface area contributed by atoms with E-state index in [0.717, 1.165) is 29.8 Å². The fourth-order valence-corrected chi connectivity index (χ4v) is 3.14. The molecule has 0 aliphatic carbocycles. The number of aromatic nitrogens is 1. The molecule has 0 radical (unpaired) electrons. The van der Waals surface area contributed by atoms with Crippen molar-refractivity contribution in [1.29, 1.82) is 0 Å². The Bertz CT molecular complexity index is 838. The summed E-state index contributed by atoms with van der Waals surface area (Å²) in [4.78, 5) is 29.0. The standard InChI is InChI=1S/C20H26N4O3/c1-13-5-6-14(2)16(11-13)18-12-17(22-27-18)19(25)21-15(3)20(26)24-9-7-23(4)8-10-24/h5-6,11-12,15H,7-10H2,1-4H3,(H,21,25). The van der Waals surface area contributed by atoms with Crippen molar-refractivity contribution in [1.82, 2.24) is 20.3 Å². The van der Waals surface area contributed by atoms with Crippen molar-refractivity contribution in [2.75, 3.05) is 33.2 Å². The van der Waals surface area contributed by atoms with Crippen LogP contribution in [0.25, 0.3) is 11.3 Å². The van der Waals surface area contributed by atoms with E-state index >= 15 is 0 Å². The first-order valence-corrected chi connectivity index (χ1v) is 9.17. The Kier molecular flexibility index (Phi) is 5.60. The molecule has 7 nitrogen and oxygen atoms in total. The highest BCUT2D eigenvalue weighted by Gasteiger charge is 2.26. The second kappa shape index (κ2) is 7.92. The predicted octanol–water partition coefficient (Wildman–Crippen LogP) is 1.85. The fourth-order valence-electron chi connectivity index (χ4n) is 3.14. The van der Waals surface area contributed by atoms with Crippen LogP contribution >= 0.6 is 0 Å². The van der Waals surface area contributed by atoms with Crippen molar-refractivity contribution in [3.8, 4) is 11.3 Å². The van der Waals surface area contributed by atoms with Gasteiger partial charge in [-0.1, -0.05) is 22.9 Å². The smallest absolute Gasteiger partial charge is 0.274 e. The zero-order valence-corrected chi connectivity index (χ0v) is 16.3. The lowest BCUT2D eigenvalue weighted by molar-refractivity contribution is -0.134.